The SMILES string of the molecule is CCNC(CSCC(=O)N1CCCCC1)C1CC1. The Bertz CT molecular complexity index is 263. The fraction of sp³-hybridized carbons (Fsp3) is 0.929. The third-order valence-electron chi connectivity index (χ3n) is 3.89. The number of carbonyl (C=O) groups is 1. The quantitative estimate of drug-likeness (QED) is 0.769. The number of nitrogens with zero attached hydrogens (tertiary/aromatic N) is 1. The van der Waals surface area contributed by atoms with Crippen LogP contribution >= 0.6 is 11.8 Å². The van der Waals surface area contributed by atoms with E-state index in [4.69, 9.17) is 0 Å². The molecular formula is C14H26N2OS. The highest BCUT2D eigenvalue weighted by molar-refractivity contribution is 7.99. The normalized spacial score (nSPS) is 21.9. The van der Waals surface area contributed by atoms with Crippen LogP contribution in [0, 0.1) is 5.92 Å². The number of thioether (sulfide) groups is 1. The number of amides is 1. The Balaban J connectivity index is 1.62. The zero-order valence-corrected chi connectivity index (χ0v) is 12.3. The summed E-state index contributed by atoms with van der Waals surface area (Å²) in [6.07, 6.45) is 6.43. The molecule has 0 aromatic carbocycles. The topological polar surface area (TPSA) is 32.3 Å². The summed E-state index contributed by atoms with van der Waals surface area (Å²) in [6.45, 7) is 5.18. The Morgan fingerprint density at radius 3 is 2.67 bits per heavy atom. The summed E-state index contributed by atoms with van der Waals surface area (Å²) in [6, 6.07) is 0.633. The van der Waals surface area contributed by atoms with E-state index in [9.17, 15) is 4.79 Å². The third kappa shape index (κ3) is 4.47. The van der Waals surface area contributed by atoms with Crippen LogP contribution in [-0.4, -0.2) is 48.0 Å². The van der Waals surface area contributed by atoms with Gasteiger partial charge in [0, 0.05) is 24.9 Å². The molecule has 1 N–H and O–H groups in total. The lowest BCUT2D eigenvalue weighted by Crippen LogP contribution is -2.38. The zero-order chi connectivity index (χ0) is 12.8. The number of hydrogen-bond donors (Lipinski definition) is 1. The van der Waals surface area contributed by atoms with Crippen molar-refractivity contribution in [1.29, 1.82) is 0 Å². The smallest absolute Gasteiger partial charge is 0.232 e. The minimum atomic E-state index is 0.353. The molecular weight excluding hydrogens is 244 g/mol. The van der Waals surface area contributed by atoms with E-state index in [-0.39, 0.29) is 0 Å². The molecule has 1 atom stereocenters. The number of likely N-dealkylation sites (tertiary alicyclic amines) is 1. The van der Waals surface area contributed by atoms with Gasteiger partial charge >= 0.3 is 0 Å². The van der Waals surface area contributed by atoms with Crippen molar-refractivity contribution >= 4 is 17.7 Å². The van der Waals surface area contributed by atoms with E-state index in [1.165, 1.54) is 32.1 Å². The van der Waals surface area contributed by atoms with Gasteiger partial charge in [0.05, 0.1) is 5.75 Å². The second-order valence-corrected chi connectivity index (χ2v) is 6.49. The van der Waals surface area contributed by atoms with Crippen molar-refractivity contribution < 1.29 is 4.79 Å². The highest BCUT2D eigenvalue weighted by Crippen LogP contribution is 2.34. The van der Waals surface area contributed by atoms with Crippen LogP contribution in [-0.2, 0) is 4.79 Å². The van der Waals surface area contributed by atoms with E-state index < -0.39 is 0 Å². The van der Waals surface area contributed by atoms with Crippen molar-refractivity contribution in [2.24, 2.45) is 5.92 Å². The molecule has 0 aromatic heterocycles. The Kier molecular flexibility index (Phi) is 5.83. The summed E-state index contributed by atoms with van der Waals surface area (Å²) >= 11 is 1.82. The summed E-state index contributed by atoms with van der Waals surface area (Å²) in [7, 11) is 0. The summed E-state index contributed by atoms with van der Waals surface area (Å²) in [5, 5.41) is 3.55. The molecule has 3 nitrogen and oxygen atoms in total. The fourth-order valence-corrected chi connectivity index (χ4v) is 3.75. The largest absolute Gasteiger partial charge is 0.342 e. The standard InChI is InChI=1S/C14H26N2OS/c1-2-15-13(12-6-7-12)10-18-11-14(17)16-8-4-3-5-9-16/h12-13,15H,2-11H2,1H3. The first-order valence-electron chi connectivity index (χ1n) is 7.40. The van der Waals surface area contributed by atoms with Gasteiger partial charge in [0.15, 0.2) is 0 Å². The molecule has 2 rings (SSSR count). The second-order valence-electron chi connectivity index (χ2n) is 5.46. The van der Waals surface area contributed by atoms with Crippen LogP contribution in [0.2, 0.25) is 0 Å². The van der Waals surface area contributed by atoms with E-state index in [0.29, 0.717) is 17.7 Å². The van der Waals surface area contributed by atoms with E-state index >= 15 is 0 Å². The van der Waals surface area contributed by atoms with Crippen molar-refractivity contribution in [3.8, 4) is 0 Å². The molecule has 1 unspecified atom stereocenters. The van der Waals surface area contributed by atoms with E-state index in [1.54, 1.807) is 0 Å². The second kappa shape index (κ2) is 7.39. The molecule has 1 heterocycles. The van der Waals surface area contributed by atoms with Crippen LogP contribution in [0.4, 0.5) is 0 Å². The van der Waals surface area contributed by atoms with Gasteiger partial charge in [-0.25, -0.2) is 0 Å². The summed E-state index contributed by atoms with van der Waals surface area (Å²) in [4.78, 5) is 14.1. The van der Waals surface area contributed by atoms with Crippen LogP contribution < -0.4 is 5.32 Å². The van der Waals surface area contributed by atoms with Gasteiger partial charge in [-0.3, -0.25) is 4.79 Å². The van der Waals surface area contributed by atoms with Crippen LogP contribution in [0.1, 0.15) is 39.0 Å². The number of nitrogens with one attached hydrogen (secondary N) is 1. The van der Waals surface area contributed by atoms with E-state index in [2.05, 4.69) is 17.1 Å². The first-order valence-corrected chi connectivity index (χ1v) is 8.55. The molecule has 18 heavy (non-hydrogen) atoms. The van der Waals surface area contributed by atoms with Crippen molar-refractivity contribution in [3.63, 3.8) is 0 Å². The van der Waals surface area contributed by atoms with Crippen molar-refractivity contribution in [3.05, 3.63) is 0 Å². The molecule has 1 saturated carbocycles. The highest BCUT2D eigenvalue weighted by Gasteiger charge is 2.30. The van der Waals surface area contributed by atoms with E-state index in [0.717, 1.165) is 31.3 Å². The molecule has 104 valence electrons. The van der Waals surface area contributed by atoms with Gasteiger partial charge in [0.25, 0.3) is 0 Å². The minimum Gasteiger partial charge on any atom is -0.342 e. The lowest BCUT2D eigenvalue weighted by Gasteiger charge is -2.27. The molecule has 2 fully saturated rings. The van der Waals surface area contributed by atoms with Gasteiger partial charge in [0.1, 0.15) is 0 Å². The van der Waals surface area contributed by atoms with Crippen LogP contribution in [0.25, 0.3) is 0 Å². The molecule has 1 amide bonds. The Morgan fingerprint density at radius 2 is 2.06 bits per heavy atom. The van der Waals surface area contributed by atoms with E-state index in [1.807, 2.05) is 11.8 Å². The Labute approximate surface area is 115 Å². The molecule has 1 aliphatic heterocycles. The predicted molar refractivity (Wildman–Crippen MR) is 77.9 cm³/mol. The monoisotopic (exact) mass is 270 g/mol. The van der Waals surface area contributed by atoms with Crippen LogP contribution in [0.3, 0.4) is 0 Å². The predicted octanol–water partition coefficient (Wildman–Crippen LogP) is 2.12. The van der Waals surface area contributed by atoms with Gasteiger partial charge in [-0.2, -0.15) is 11.8 Å². The lowest BCUT2D eigenvalue weighted by atomic mass is 10.1. The molecule has 0 aromatic rings. The molecule has 0 spiro atoms. The van der Waals surface area contributed by atoms with Gasteiger partial charge in [-0.1, -0.05) is 6.92 Å². The number of carbonyl (C=O) groups excluding carboxylic acids is 1. The van der Waals surface area contributed by atoms with Gasteiger partial charge in [0.2, 0.25) is 5.91 Å². The molecule has 0 bridgehead atoms. The average molecular weight is 270 g/mol. The van der Waals surface area contributed by atoms with Crippen molar-refractivity contribution in [1.82, 2.24) is 10.2 Å². The number of piperidine rings is 1. The summed E-state index contributed by atoms with van der Waals surface area (Å²) in [5.41, 5.74) is 0. The zero-order valence-electron chi connectivity index (χ0n) is 11.5. The summed E-state index contributed by atoms with van der Waals surface area (Å²) in [5.74, 6) is 3.00. The maximum Gasteiger partial charge on any atom is 0.232 e. The highest BCUT2D eigenvalue weighted by atomic mass is 32.2. The third-order valence-corrected chi connectivity index (χ3v) is 4.93. The molecule has 1 aliphatic carbocycles. The molecule has 1 saturated heterocycles. The Morgan fingerprint density at radius 1 is 1.33 bits per heavy atom. The number of rotatable bonds is 7. The molecule has 2 aliphatic rings. The molecule has 0 radical (unpaired) electrons. The average Bonchev–Trinajstić information content (AvgIpc) is 3.23. The van der Waals surface area contributed by atoms with Crippen LogP contribution in [0.15, 0.2) is 0 Å². The Hall–Kier alpha value is -0.220. The number of hydrogen-bond acceptors (Lipinski definition) is 3. The lowest BCUT2D eigenvalue weighted by molar-refractivity contribution is -0.129. The van der Waals surface area contributed by atoms with Crippen molar-refractivity contribution in [2.75, 3.05) is 31.1 Å². The summed E-state index contributed by atoms with van der Waals surface area (Å²) < 4.78 is 0. The van der Waals surface area contributed by atoms with Crippen molar-refractivity contribution in [2.45, 2.75) is 45.1 Å². The van der Waals surface area contributed by atoms with Crippen LogP contribution in [0.5, 0.6) is 0 Å². The molecule has 4 heteroatoms. The maximum absolute atomic E-state index is 12.0. The minimum absolute atomic E-state index is 0.353. The van der Waals surface area contributed by atoms with Gasteiger partial charge in [-0.05, 0) is 44.6 Å². The fourth-order valence-electron chi connectivity index (χ4n) is 2.63. The van der Waals surface area contributed by atoms with Gasteiger partial charge in [-0.15, -0.1) is 0 Å². The first-order chi connectivity index (χ1) is 8.81. The van der Waals surface area contributed by atoms with Gasteiger partial charge < -0.3 is 10.2 Å². The maximum atomic E-state index is 12.0. The first kappa shape index (κ1) is 14.2.